The number of fused-ring (bicyclic) bond motifs is 6. The second-order valence-electron chi connectivity index (χ2n) is 12.4. The van der Waals surface area contributed by atoms with Gasteiger partial charge in [0.2, 0.25) is 0 Å². The Hall–Kier alpha value is -6.43. The van der Waals surface area contributed by atoms with Crippen molar-refractivity contribution in [2.75, 3.05) is 0 Å². The highest BCUT2D eigenvalue weighted by Crippen LogP contribution is 2.44. The predicted molar refractivity (Wildman–Crippen MR) is 207 cm³/mol. The summed E-state index contributed by atoms with van der Waals surface area (Å²) in [5.41, 5.74) is 10.7. The van der Waals surface area contributed by atoms with Gasteiger partial charge in [0.05, 0.1) is 11.4 Å². The molecule has 0 aliphatic heterocycles. The van der Waals surface area contributed by atoms with Gasteiger partial charge in [0.25, 0.3) is 0 Å². The maximum absolute atomic E-state index is 6.75. The molecule has 0 unspecified atom stereocenters. The fraction of sp³-hybridized carbons (Fsp3) is 0. The molecule has 50 heavy (non-hydrogen) atoms. The average molecular weight is 658 g/mol. The van der Waals surface area contributed by atoms with Gasteiger partial charge in [0.15, 0.2) is 5.82 Å². The van der Waals surface area contributed by atoms with Crippen molar-refractivity contribution >= 4 is 53.4 Å². The topological polar surface area (TPSA) is 51.8 Å². The van der Waals surface area contributed by atoms with Crippen LogP contribution in [-0.4, -0.2) is 15.0 Å². The second kappa shape index (κ2) is 11.6. The third kappa shape index (κ3) is 4.79. The standard InChI is InChI=1S/C45H27N3OS/c1-2-9-29(10-3-1)38-27-39(48-45(47-38)32-12-8-11-30(25-32)28-21-23-46-24-22-28)35-19-18-33(43-36-14-4-6-15-40(36)49-44(35)43)31-17-20-42-37(26-31)34-13-5-7-16-41(34)50-42/h1-27H. The van der Waals surface area contributed by atoms with Crippen LogP contribution in [0.4, 0.5) is 0 Å². The van der Waals surface area contributed by atoms with E-state index in [0.29, 0.717) is 5.82 Å². The van der Waals surface area contributed by atoms with Crippen molar-refractivity contribution in [2.24, 2.45) is 0 Å². The first-order valence-corrected chi connectivity index (χ1v) is 17.4. The van der Waals surface area contributed by atoms with Crippen molar-refractivity contribution < 1.29 is 4.42 Å². The first-order valence-electron chi connectivity index (χ1n) is 16.6. The molecule has 234 valence electrons. The molecule has 5 heteroatoms. The SMILES string of the molecule is c1ccc(-c2cc(-c3ccc(-c4ccc5sc6ccccc6c5c4)c4c3oc3ccccc34)nc(-c3cccc(-c4ccncc4)c3)n2)cc1. The van der Waals surface area contributed by atoms with Gasteiger partial charge < -0.3 is 4.42 Å². The van der Waals surface area contributed by atoms with E-state index in [2.05, 4.69) is 114 Å². The zero-order valence-corrected chi connectivity index (χ0v) is 27.6. The number of hydrogen-bond acceptors (Lipinski definition) is 5. The number of nitrogens with zero attached hydrogens (tertiary/aromatic N) is 3. The smallest absolute Gasteiger partial charge is 0.160 e. The molecule has 0 radical (unpaired) electrons. The molecule has 0 saturated carbocycles. The van der Waals surface area contributed by atoms with Gasteiger partial charge in [-0.15, -0.1) is 11.3 Å². The molecule has 0 aliphatic carbocycles. The summed E-state index contributed by atoms with van der Waals surface area (Å²) in [6.07, 6.45) is 3.63. The molecule has 0 saturated heterocycles. The van der Waals surface area contributed by atoms with Gasteiger partial charge >= 0.3 is 0 Å². The molecule has 4 heterocycles. The van der Waals surface area contributed by atoms with Crippen molar-refractivity contribution in [3.63, 3.8) is 0 Å². The molecular weight excluding hydrogens is 631 g/mol. The Kier molecular flexibility index (Phi) is 6.64. The van der Waals surface area contributed by atoms with Gasteiger partial charge in [0, 0.05) is 60.0 Å². The fourth-order valence-corrected chi connectivity index (χ4v) is 8.10. The number of benzene rings is 6. The van der Waals surface area contributed by atoms with Crippen LogP contribution in [0.1, 0.15) is 0 Å². The maximum atomic E-state index is 6.75. The molecule has 10 aromatic rings. The summed E-state index contributed by atoms with van der Waals surface area (Å²) in [6, 6.07) is 52.9. The highest BCUT2D eigenvalue weighted by Gasteiger charge is 2.20. The number of hydrogen-bond donors (Lipinski definition) is 0. The van der Waals surface area contributed by atoms with E-state index in [-0.39, 0.29) is 0 Å². The van der Waals surface area contributed by atoms with Crippen LogP contribution in [-0.2, 0) is 0 Å². The summed E-state index contributed by atoms with van der Waals surface area (Å²) < 4.78 is 9.33. The molecule has 0 amide bonds. The molecule has 0 fully saturated rings. The van der Waals surface area contributed by atoms with Crippen LogP contribution < -0.4 is 0 Å². The normalized spacial score (nSPS) is 11.6. The van der Waals surface area contributed by atoms with Crippen LogP contribution >= 0.6 is 11.3 Å². The van der Waals surface area contributed by atoms with E-state index < -0.39 is 0 Å². The number of para-hydroxylation sites is 1. The molecule has 0 atom stereocenters. The quantitative estimate of drug-likeness (QED) is 0.185. The zero-order valence-electron chi connectivity index (χ0n) is 26.7. The highest BCUT2D eigenvalue weighted by molar-refractivity contribution is 7.25. The van der Waals surface area contributed by atoms with Gasteiger partial charge in [0.1, 0.15) is 11.2 Å². The van der Waals surface area contributed by atoms with Gasteiger partial charge in [-0.3, -0.25) is 4.98 Å². The van der Waals surface area contributed by atoms with Crippen molar-refractivity contribution in [1.82, 2.24) is 15.0 Å². The van der Waals surface area contributed by atoms with Gasteiger partial charge in [-0.05, 0) is 76.9 Å². The zero-order chi connectivity index (χ0) is 33.0. The van der Waals surface area contributed by atoms with E-state index in [4.69, 9.17) is 14.4 Å². The minimum atomic E-state index is 0.653. The summed E-state index contributed by atoms with van der Waals surface area (Å²) in [5.74, 6) is 0.653. The van der Waals surface area contributed by atoms with E-state index in [1.807, 2.05) is 66.2 Å². The van der Waals surface area contributed by atoms with Crippen LogP contribution in [0, 0.1) is 0 Å². The molecular formula is C45H27N3OS. The Morgan fingerprint density at radius 3 is 2.06 bits per heavy atom. The van der Waals surface area contributed by atoms with Crippen LogP contribution in [0.5, 0.6) is 0 Å². The molecule has 6 aromatic carbocycles. The van der Waals surface area contributed by atoms with E-state index in [9.17, 15) is 0 Å². The minimum Gasteiger partial charge on any atom is -0.455 e. The van der Waals surface area contributed by atoms with Gasteiger partial charge in [-0.25, -0.2) is 9.97 Å². The average Bonchev–Trinajstić information content (AvgIpc) is 3.77. The van der Waals surface area contributed by atoms with Crippen LogP contribution in [0.15, 0.2) is 168 Å². The van der Waals surface area contributed by atoms with Crippen LogP contribution in [0.25, 0.3) is 98.3 Å². The third-order valence-electron chi connectivity index (χ3n) is 9.42. The van der Waals surface area contributed by atoms with E-state index in [1.54, 1.807) is 0 Å². The van der Waals surface area contributed by atoms with Crippen LogP contribution in [0.3, 0.4) is 0 Å². The van der Waals surface area contributed by atoms with Crippen LogP contribution in [0.2, 0.25) is 0 Å². The molecule has 0 aliphatic rings. The Bertz CT molecular complexity index is 2870. The Morgan fingerprint density at radius 2 is 1.16 bits per heavy atom. The van der Waals surface area contributed by atoms with E-state index >= 15 is 0 Å². The molecule has 0 spiro atoms. The lowest BCUT2D eigenvalue weighted by molar-refractivity contribution is 0.670. The summed E-state index contributed by atoms with van der Waals surface area (Å²) in [6.45, 7) is 0. The number of aromatic nitrogens is 3. The molecule has 0 bridgehead atoms. The number of rotatable bonds is 5. The molecule has 10 rings (SSSR count). The first-order chi connectivity index (χ1) is 24.8. The summed E-state index contributed by atoms with van der Waals surface area (Å²) in [5, 5.41) is 4.72. The predicted octanol–water partition coefficient (Wildman–Crippen LogP) is 12.5. The number of thiophene rings is 1. The lowest BCUT2D eigenvalue weighted by Crippen LogP contribution is -1.96. The molecule has 4 aromatic heterocycles. The minimum absolute atomic E-state index is 0.653. The van der Waals surface area contributed by atoms with Crippen molar-refractivity contribution in [3.05, 3.63) is 164 Å². The second-order valence-corrected chi connectivity index (χ2v) is 13.5. The van der Waals surface area contributed by atoms with E-state index in [0.717, 1.165) is 72.3 Å². The van der Waals surface area contributed by atoms with Crippen molar-refractivity contribution in [2.45, 2.75) is 0 Å². The lowest BCUT2D eigenvalue weighted by Gasteiger charge is -2.12. The maximum Gasteiger partial charge on any atom is 0.160 e. The van der Waals surface area contributed by atoms with Gasteiger partial charge in [-0.1, -0.05) is 97.1 Å². The number of furan rings is 1. The molecule has 0 N–H and O–H groups in total. The Balaban J connectivity index is 1.20. The van der Waals surface area contributed by atoms with Crippen molar-refractivity contribution in [1.29, 1.82) is 0 Å². The Morgan fingerprint density at radius 1 is 0.440 bits per heavy atom. The Labute approximate surface area is 292 Å². The summed E-state index contributed by atoms with van der Waals surface area (Å²) in [7, 11) is 0. The van der Waals surface area contributed by atoms with Gasteiger partial charge in [-0.2, -0.15) is 0 Å². The van der Waals surface area contributed by atoms with Crippen molar-refractivity contribution in [3.8, 4) is 56.2 Å². The third-order valence-corrected chi connectivity index (χ3v) is 10.6. The molecule has 4 nitrogen and oxygen atoms in total. The largest absolute Gasteiger partial charge is 0.455 e. The highest BCUT2D eigenvalue weighted by atomic mass is 32.1. The lowest BCUT2D eigenvalue weighted by atomic mass is 9.95. The summed E-state index contributed by atoms with van der Waals surface area (Å²) >= 11 is 1.84. The monoisotopic (exact) mass is 657 g/mol. The number of pyridine rings is 1. The first kappa shape index (κ1) is 28.6. The fourth-order valence-electron chi connectivity index (χ4n) is 7.02. The summed E-state index contributed by atoms with van der Waals surface area (Å²) in [4.78, 5) is 14.6. The van der Waals surface area contributed by atoms with E-state index in [1.165, 1.54) is 20.2 Å².